The molecule has 2 saturated heterocycles. The van der Waals surface area contributed by atoms with Crippen LogP contribution in [0.15, 0.2) is 0 Å². The van der Waals surface area contributed by atoms with Crippen molar-refractivity contribution < 1.29 is 19.8 Å². The number of amides is 2. The molecule has 2 atom stereocenters. The molecule has 6 heteroatoms. The highest BCUT2D eigenvalue weighted by atomic mass is 16.4. The smallest absolute Gasteiger partial charge is 0.320 e. The van der Waals surface area contributed by atoms with Crippen molar-refractivity contribution in [2.75, 3.05) is 26.2 Å². The van der Waals surface area contributed by atoms with Gasteiger partial charge in [-0.2, -0.15) is 0 Å². The lowest BCUT2D eigenvalue weighted by Crippen LogP contribution is -2.52. The van der Waals surface area contributed by atoms with E-state index in [1.165, 1.54) is 0 Å². The summed E-state index contributed by atoms with van der Waals surface area (Å²) >= 11 is 0. The normalized spacial score (nSPS) is 32.7. The van der Waals surface area contributed by atoms with E-state index in [4.69, 9.17) is 5.11 Å². The number of piperidine rings is 1. The van der Waals surface area contributed by atoms with Crippen molar-refractivity contribution in [2.24, 2.45) is 5.92 Å². The zero-order chi connectivity index (χ0) is 13.3. The first-order valence-corrected chi connectivity index (χ1v) is 6.38. The minimum absolute atomic E-state index is 0.140. The summed E-state index contributed by atoms with van der Waals surface area (Å²) in [5.74, 6) is -1.28. The predicted octanol–water partition coefficient (Wildman–Crippen LogP) is 0.360. The lowest BCUT2D eigenvalue weighted by atomic mass is 9.95. The van der Waals surface area contributed by atoms with Gasteiger partial charge in [0.25, 0.3) is 0 Å². The fourth-order valence-electron chi connectivity index (χ4n) is 2.72. The van der Waals surface area contributed by atoms with Crippen LogP contribution in [0.25, 0.3) is 0 Å². The van der Waals surface area contributed by atoms with E-state index in [-0.39, 0.29) is 12.6 Å². The Bertz CT molecular complexity index is 356. The van der Waals surface area contributed by atoms with Crippen LogP contribution < -0.4 is 0 Å². The molecule has 18 heavy (non-hydrogen) atoms. The molecule has 0 saturated carbocycles. The van der Waals surface area contributed by atoms with Crippen LogP contribution in [0.5, 0.6) is 0 Å². The highest BCUT2D eigenvalue weighted by Crippen LogP contribution is 2.23. The molecule has 2 N–H and O–H groups in total. The maximum Gasteiger partial charge on any atom is 0.320 e. The SMILES string of the molecule is CC1(O)CCCN(C(=O)N2CCC(C(=O)O)C2)C1. The van der Waals surface area contributed by atoms with Gasteiger partial charge in [0.05, 0.1) is 18.1 Å². The van der Waals surface area contributed by atoms with Crippen LogP contribution in [0.4, 0.5) is 4.79 Å². The third kappa shape index (κ3) is 2.75. The van der Waals surface area contributed by atoms with Crippen LogP contribution in [0.3, 0.4) is 0 Å². The first-order valence-electron chi connectivity index (χ1n) is 6.38. The average molecular weight is 256 g/mol. The first kappa shape index (κ1) is 13.1. The molecule has 0 aliphatic carbocycles. The molecule has 0 aromatic heterocycles. The molecular formula is C12H20N2O4. The molecular weight excluding hydrogens is 236 g/mol. The van der Waals surface area contributed by atoms with Crippen molar-refractivity contribution in [1.82, 2.24) is 9.80 Å². The second-order valence-corrected chi connectivity index (χ2v) is 5.57. The molecule has 2 aliphatic heterocycles. The highest BCUT2D eigenvalue weighted by Gasteiger charge is 2.36. The monoisotopic (exact) mass is 256 g/mol. The fraction of sp³-hybridized carbons (Fsp3) is 0.833. The number of hydrogen-bond donors (Lipinski definition) is 2. The topological polar surface area (TPSA) is 81.1 Å². The molecule has 2 rings (SSSR count). The number of hydrogen-bond acceptors (Lipinski definition) is 3. The van der Waals surface area contributed by atoms with Crippen molar-refractivity contribution in [3.63, 3.8) is 0 Å². The molecule has 102 valence electrons. The Balaban J connectivity index is 1.94. The number of aliphatic hydroxyl groups is 1. The van der Waals surface area contributed by atoms with Crippen molar-refractivity contribution in [2.45, 2.75) is 31.8 Å². The van der Waals surface area contributed by atoms with E-state index in [9.17, 15) is 14.7 Å². The van der Waals surface area contributed by atoms with E-state index in [0.29, 0.717) is 32.5 Å². The molecule has 2 unspecified atom stereocenters. The Morgan fingerprint density at radius 3 is 2.56 bits per heavy atom. The van der Waals surface area contributed by atoms with Gasteiger partial charge >= 0.3 is 12.0 Å². The lowest BCUT2D eigenvalue weighted by Gasteiger charge is -2.38. The van der Waals surface area contributed by atoms with Crippen LogP contribution >= 0.6 is 0 Å². The van der Waals surface area contributed by atoms with Gasteiger partial charge in [-0.15, -0.1) is 0 Å². The highest BCUT2D eigenvalue weighted by molar-refractivity contribution is 5.77. The van der Waals surface area contributed by atoms with E-state index >= 15 is 0 Å². The molecule has 0 spiro atoms. The Labute approximate surface area is 106 Å². The first-order chi connectivity index (χ1) is 8.39. The minimum atomic E-state index is -0.837. The van der Waals surface area contributed by atoms with Gasteiger partial charge in [0.15, 0.2) is 0 Å². The van der Waals surface area contributed by atoms with Crippen LogP contribution in [0.1, 0.15) is 26.2 Å². The summed E-state index contributed by atoms with van der Waals surface area (Å²) in [6.07, 6.45) is 2.01. The van der Waals surface area contributed by atoms with E-state index in [2.05, 4.69) is 0 Å². The molecule has 2 heterocycles. The average Bonchev–Trinajstić information content (AvgIpc) is 2.76. The van der Waals surface area contributed by atoms with Gasteiger partial charge in [0, 0.05) is 19.6 Å². The summed E-state index contributed by atoms with van der Waals surface area (Å²) in [5, 5.41) is 18.9. The lowest BCUT2D eigenvalue weighted by molar-refractivity contribution is -0.141. The summed E-state index contributed by atoms with van der Waals surface area (Å²) in [7, 11) is 0. The van der Waals surface area contributed by atoms with Crippen molar-refractivity contribution in [3.05, 3.63) is 0 Å². The number of rotatable bonds is 1. The second-order valence-electron chi connectivity index (χ2n) is 5.57. The Hall–Kier alpha value is -1.30. The number of likely N-dealkylation sites (tertiary alicyclic amines) is 2. The Morgan fingerprint density at radius 1 is 1.28 bits per heavy atom. The third-order valence-electron chi connectivity index (χ3n) is 3.75. The second kappa shape index (κ2) is 4.76. The van der Waals surface area contributed by atoms with Crippen molar-refractivity contribution in [1.29, 1.82) is 0 Å². The molecule has 0 bridgehead atoms. The van der Waals surface area contributed by atoms with Crippen molar-refractivity contribution in [3.8, 4) is 0 Å². The van der Waals surface area contributed by atoms with Crippen LogP contribution in [-0.2, 0) is 4.79 Å². The number of carboxylic acid groups (broad SMARTS) is 1. The molecule has 2 fully saturated rings. The number of urea groups is 1. The standard InChI is InChI=1S/C12H20N2O4/c1-12(18)4-2-5-14(8-12)11(17)13-6-3-9(7-13)10(15)16/h9,18H,2-8H2,1H3,(H,15,16). The number of aliphatic carboxylic acids is 1. The van der Waals surface area contributed by atoms with Gasteiger partial charge < -0.3 is 20.0 Å². The van der Waals surface area contributed by atoms with E-state index < -0.39 is 17.5 Å². The largest absolute Gasteiger partial charge is 0.481 e. The number of carbonyl (C=O) groups excluding carboxylic acids is 1. The van der Waals surface area contributed by atoms with Crippen molar-refractivity contribution >= 4 is 12.0 Å². The number of carbonyl (C=O) groups is 2. The zero-order valence-corrected chi connectivity index (χ0v) is 10.6. The van der Waals surface area contributed by atoms with Gasteiger partial charge in [-0.1, -0.05) is 0 Å². The fourth-order valence-corrected chi connectivity index (χ4v) is 2.72. The number of carboxylic acids is 1. The van der Waals surface area contributed by atoms with Gasteiger partial charge in [-0.05, 0) is 26.2 Å². The molecule has 0 aromatic carbocycles. The summed E-state index contributed by atoms with van der Waals surface area (Å²) in [6.45, 7) is 3.49. The molecule has 6 nitrogen and oxygen atoms in total. The van der Waals surface area contributed by atoms with Crippen LogP contribution in [0, 0.1) is 5.92 Å². The van der Waals surface area contributed by atoms with E-state index in [1.54, 1.807) is 16.7 Å². The predicted molar refractivity (Wildman–Crippen MR) is 64.1 cm³/mol. The van der Waals surface area contributed by atoms with E-state index in [0.717, 1.165) is 6.42 Å². The molecule has 0 radical (unpaired) electrons. The molecule has 2 amide bonds. The Kier molecular flexibility index (Phi) is 3.47. The number of β-amino-alcohol motifs (C(OH)–C–C–N with tert-alkyl or cyclic N) is 1. The van der Waals surface area contributed by atoms with Gasteiger partial charge in [0.2, 0.25) is 0 Å². The molecule has 2 aliphatic rings. The van der Waals surface area contributed by atoms with Crippen LogP contribution in [0.2, 0.25) is 0 Å². The maximum absolute atomic E-state index is 12.2. The van der Waals surface area contributed by atoms with Gasteiger partial charge in [-0.3, -0.25) is 4.79 Å². The quantitative estimate of drug-likeness (QED) is 0.709. The van der Waals surface area contributed by atoms with Gasteiger partial charge in [-0.25, -0.2) is 4.79 Å². The Morgan fingerprint density at radius 2 is 2.00 bits per heavy atom. The minimum Gasteiger partial charge on any atom is -0.481 e. The molecule has 0 aromatic rings. The maximum atomic E-state index is 12.2. The summed E-state index contributed by atoms with van der Waals surface area (Å²) < 4.78 is 0. The zero-order valence-electron chi connectivity index (χ0n) is 10.6. The summed E-state index contributed by atoms with van der Waals surface area (Å²) in [6, 6.07) is -0.140. The van der Waals surface area contributed by atoms with Gasteiger partial charge in [0.1, 0.15) is 0 Å². The third-order valence-corrected chi connectivity index (χ3v) is 3.75. The summed E-state index contributed by atoms with van der Waals surface area (Å²) in [4.78, 5) is 26.3. The number of nitrogens with zero attached hydrogens (tertiary/aromatic N) is 2. The summed E-state index contributed by atoms with van der Waals surface area (Å²) in [5.41, 5.74) is -0.820. The van der Waals surface area contributed by atoms with Crippen LogP contribution in [-0.4, -0.2) is 63.8 Å². The van der Waals surface area contributed by atoms with E-state index in [1.807, 2.05) is 0 Å².